The second-order valence-electron chi connectivity index (χ2n) is 5.30. The number of hydrogen-bond acceptors (Lipinski definition) is 2. The van der Waals surface area contributed by atoms with Gasteiger partial charge in [0.05, 0.1) is 12.1 Å². The normalized spacial score (nSPS) is 10.5. The fourth-order valence-electron chi connectivity index (χ4n) is 2.20. The van der Waals surface area contributed by atoms with Gasteiger partial charge in [-0.05, 0) is 43.6 Å². The number of hydrogen-bond donors (Lipinski definition) is 1. The average Bonchev–Trinajstić information content (AvgIpc) is 2.50. The standard InChI is InChI=1S/C18H27FN2/c1-3-5-12-21(13-6-4-2)15-16-9-10-18(19)17(14-16)8-7-11-20/h9-10,14H,3-6,11-13,15,20H2,1-2H3. The van der Waals surface area contributed by atoms with Gasteiger partial charge in [-0.25, -0.2) is 4.39 Å². The number of rotatable bonds is 8. The fraction of sp³-hybridized carbons (Fsp3) is 0.556. The molecule has 0 amide bonds. The SMILES string of the molecule is CCCCN(CCCC)Cc1ccc(F)c(C#CCN)c1. The van der Waals surface area contributed by atoms with Crippen LogP contribution in [-0.4, -0.2) is 24.5 Å². The summed E-state index contributed by atoms with van der Waals surface area (Å²) in [5, 5.41) is 0. The highest BCUT2D eigenvalue weighted by Crippen LogP contribution is 2.13. The maximum Gasteiger partial charge on any atom is 0.138 e. The van der Waals surface area contributed by atoms with Crippen molar-refractivity contribution in [3.63, 3.8) is 0 Å². The highest BCUT2D eigenvalue weighted by atomic mass is 19.1. The quantitative estimate of drug-likeness (QED) is 0.742. The van der Waals surface area contributed by atoms with Crippen molar-refractivity contribution >= 4 is 0 Å². The smallest absolute Gasteiger partial charge is 0.138 e. The van der Waals surface area contributed by atoms with Crippen LogP contribution in [0.1, 0.15) is 50.7 Å². The Balaban J connectivity index is 2.77. The van der Waals surface area contributed by atoms with Crippen LogP contribution in [-0.2, 0) is 6.54 Å². The van der Waals surface area contributed by atoms with Crippen molar-refractivity contribution in [2.24, 2.45) is 5.73 Å². The molecule has 2 nitrogen and oxygen atoms in total. The molecule has 0 spiro atoms. The molecule has 1 rings (SSSR count). The molecule has 0 atom stereocenters. The van der Waals surface area contributed by atoms with Crippen LogP contribution >= 0.6 is 0 Å². The average molecular weight is 290 g/mol. The van der Waals surface area contributed by atoms with Gasteiger partial charge in [-0.2, -0.15) is 0 Å². The summed E-state index contributed by atoms with van der Waals surface area (Å²) in [4.78, 5) is 2.44. The molecular weight excluding hydrogens is 263 g/mol. The van der Waals surface area contributed by atoms with Gasteiger partial charge in [-0.3, -0.25) is 4.90 Å². The van der Waals surface area contributed by atoms with Gasteiger partial charge in [0, 0.05) is 6.54 Å². The van der Waals surface area contributed by atoms with E-state index in [2.05, 4.69) is 30.6 Å². The fourth-order valence-corrected chi connectivity index (χ4v) is 2.20. The molecule has 0 saturated heterocycles. The van der Waals surface area contributed by atoms with Crippen LogP contribution in [0.4, 0.5) is 4.39 Å². The van der Waals surface area contributed by atoms with Crippen LogP contribution in [0.5, 0.6) is 0 Å². The van der Waals surface area contributed by atoms with Gasteiger partial charge in [0.25, 0.3) is 0 Å². The lowest BCUT2D eigenvalue weighted by atomic mass is 10.1. The lowest BCUT2D eigenvalue weighted by Gasteiger charge is -2.22. The lowest BCUT2D eigenvalue weighted by Crippen LogP contribution is -2.25. The molecule has 0 heterocycles. The summed E-state index contributed by atoms with van der Waals surface area (Å²) in [6.45, 7) is 7.71. The van der Waals surface area contributed by atoms with Gasteiger partial charge in [0.15, 0.2) is 0 Å². The van der Waals surface area contributed by atoms with E-state index in [1.165, 1.54) is 31.7 Å². The molecule has 116 valence electrons. The Morgan fingerprint density at radius 3 is 2.38 bits per heavy atom. The molecule has 0 aliphatic carbocycles. The molecule has 0 aliphatic heterocycles. The predicted octanol–water partition coefficient (Wildman–Crippen LogP) is 3.54. The molecule has 0 radical (unpaired) electrons. The molecule has 1 aromatic rings. The van der Waals surface area contributed by atoms with E-state index in [1.54, 1.807) is 0 Å². The van der Waals surface area contributed by atoms with Crippen LogP contribution in [0.15, 0.2) is 18.2 Å². The molecule has 0 aliphatic rings. The predicted molar refractivity (Wildman–Crippen MR) is 87.4 cm³/mol. The highest BCUT2D eigenvalue weighted by Gasteiger charge is 2.07. The van der Waals surface area contributed by atoms with Crippen molar-refractivity contribution < 1.29 is 4.39 Å². The number of unbranched alkanes of at least 4 members (excludes halogenated alkanes) is 2. The third kappa shape index (κ3) is 6.75. The first-order valence-electron chi connectivity index (χ1n) is 7.91. The second kappa shape index (κ2) is 10.4. The van der Waals surface area contributed by atoms with Gasteiger partial charge >= 0.3 is 0 Å². The summed E-state index contributed by atoms with van der Waals surface area (Å²) < 4.78 is 13.7. The van der Waals surface area contributed by atoms with Crippen LogP contribution < -0.4 is 5.73 Å². The first-order valence-corrected chi connectivity index (χ1v) is 7.91. The first-order chi connectivity index (χ1) is 10.2. The van der Waals surface area contributed by atoms with Crippen molar-refractivity contribution in [1.29, 1.82) is 0 Å². The van der Waals surface area contributed by atoms with E-state index >= 15 is 0 Å². The number of nitrogens with two attached hydrogens (primary N) is 1. The molecule has 0 aromatic heterocycles. The summed E-state index contributed by atoms with van der Waals surface area (Å²) in [5.74, 6) is 5.25. The maximum atomic E-state index is 13.7. The summed E-state index contributed by atoms with van der Waals surface area (Å²) in [7, 11) is 0. The van der Waals surface area contributed by atoms with Crippen LogP contribution in [0.3, 0.4) is 0 Å². The first kappa shape index (κ1) is 17.7. The van der Waals surface area contributed by atoms with Gasteiger partial charge in [-0.15, -0.1) is 0 Å². The van der Waals surface area contributed by atoms with Crippen LogP contribution in [0, 0.1) is 17.7 Å². The van der Waals surface area contributed by atoms with Crippen LogP contribution in [0.25, 0.3) is 0 Å². The van der Waals surface area contributed by atoms with E-state index < -0.39 is 0 Å². The molecule has 0 saturated carbocycles. The van der Waals surface area contributed by atoms with E-state index in [0.717, 1.165) is 25.2 Å². The van der Waals surface area contributed by atoms with Crippen molar-refractivity contribution in [2.75, 3.05) is 19.6 Å². The van der Waals surface area contributed by atoms with E-state index in [-0.39, 0.29) is 12.4 Å². The lowest BCUT2D eigenvalue weighted by molar-refractivity contribution is 0.257. The third-order valence-electron chi connectivity index (χ3n) is 3.42. The Labute approximate surface area is 128 Å². The maximum absolute atomic E-state index is 13.7. The number of benzene rings is 1. The Bertz CT molecular complexity index is 466. The van der Waals surface area contributed by atoms with Crippen LogP contribution in [0.2, 0.25) is 0 Å². The topological polar surface area (TPSA) is 29.3 Å². The van der Waals surface area contributed by atoms with E-state index in [9.17, 15) is 4.39 Å². The zero-order valence-electron chi connectivity index (χ0n) is 13.3. The van der Waals surface area contributed by atoms with Gasteiger partial charge in [0.1, 0.15) is 5.82 Å². The molecule has 0 unspecified atom stereocenters. The molecule has 1 aromatic carbocycles. The third-order valence-corrected chi connectivity index (χ3v) is 3.42. The van der Waals surface area contributed by atoms with Crippen molar-refractivity contribution in [1.82, 2.24) is 4.90 Å². The van der Waals surface area contributed by atoms with Gasteiger partial charge < -0.3 is 5.73 Å². The molecule has 21 heavy (non-hydrogen) atoms. The molecule has 2 N–H and O–H groups in total. The highest BCUT2D eigenvalue weighted by molar-refractivity contribution is 5.38. The summed E-state index contributed by atoms with van der Waals surface area (Å²) in [5.41, 5.74) is 6.91. The van der Waals surface area contributed by atoms with Gasteiger partial charge in [-0.1, -0.05) is 44.6 Å². The Hall–Kier alpha value is -1.37. The summed E-state index contributed by atoms with van der Waals surface area (Å²) in [6.07, 6.45) is 4.79. The Kier molecular flexibility index (Phi) is 8.73. The number of nitrogens with zero attached hydrogens (tertiary/aromatic N) is 1. The van der Waals surface area contributed by atoms with E-state index in [4.69, 9.17) is 5.73 Å². The minimum atomic E-state index is -0.270. The Morgan fingerprint density at radius 1 is 1.14 bits per heavy atom. The van der Waals surface area contributed by atoms with E-state index in [0.29, 0.717) is 5.56 Å². The number of halogens is 1. The van der Waals surface area contributed by atoms with Crippen molar-refractivity contribution in [3.05, 3.63) is 35.1 Å². The molecule has 0 bridgehead atoms. The summed E-state index contributed by atoms with van der Waals surface area (Å²) in [6, 6.07) is 5.21. The molecule has 0 fully saturated rings. The largest absolute Gasteiger partial charge is 0.320 e. The van der Waals surface area contributed by atoms with Gasteiger partial charge in [0.2, 0.25) is 0 Å². The molecule has 3 heteroatoms. The molecular formula is C18H27FN2. The second-order valence-corrected chi connectivity index (χ2v) is 5.30. The summed E-state index contributed by atoms with van der Waals surface area (Å²) >= 11 is 0. The van der Waals surface area contributed by atoms with E-state index in [1.807, 2.05) is 12.1 Å². The minimum absolute atomic E-state index is 0.253. The monoisotopic (exact) mass is 290 g/mol. The zero-order chi connectivity index (χ0) is 15.5. The van der Waals surface area contributed by atoms with Crippen molar-refractivity contribution in [3.8, 4) is 11.8 Å². The van der Waals surface area contributed by atoms with Crippen molar-refractivity contribution in [2.45, 2.75) is 46.1 Å². The minimum Gasteiger partial charge on any atom is -0.320 e. The zero-order valence-corrected chi connectivity index (χ0v) is 13.3. The Morgan fingerprint density at radius 2 is 1.81 bits per heavy atom.